The lowest BCUT2D eigenvalue weighted by Crippen LogP contribution is -2.62. The maximum absolute atomic E-state index is 15.3. The molecule has 0 aromatic heterocycles. The molecule has 10 amide bonds. The first-order valence-corrected chi connectivity index (χ1v) is 46.5. The van der Waals surface area contributed by atoms with E-state index in [1.54, 1.807) is 196 Å². The number of benzene rings is 6. The molecule has 0 aliphatic rings. The zero-order valence-electron chi connectivity index (χ0n) is 70.3. The molecule has 0 bridgehead atoms. The van der Waals surface area contributed by atoms with Crippen LogP contribution in [-0.4, -0.2) is 176 Å². The van der Waals surface area contributed by atoms with Crippen molar-refractivity contribution in [3.63, 3.8) is 0 Å². The lowest BCUT2D eigenvalue weighted by Gasteiger charge is -2.37. The van der Waals surface area contributed by atoms with Crippen LogP contribution < -0.4 is 63.6 Å². The first-order valence-electron chi connectivity index (χ1n) is 41.1. The fourth-order valence-corrected chi connectivity index (χ4v) is 18.1. The predicted octanol–water partition coefficient (Wildman–Crippen LogP) is 6.94. The summed E-state index contributed by atoms with van der Waals surface area (Å²) in [5.74, 6) is -11.8. The van der Waals surface area contributed by atoms with Crippen molar-refractivity contribution in [2.75, 3.05) is 12.3 Å². The molecule has 6 aromatic carbocycles. The van der Waals surface area contributed by atoms with E-state index < -0.39 is 174 Å². The summed E-state index contributed by atoms with van der Waals surface area (Å²) in [6.07, 6.45) is -0.521. The predicted molar refractivity (Wildman–Crippen MR) is 460 cm³/mol. The maximum Gasteiger partial charge on any atom is 0.326 e. The summed E-state index contributed by atoms with van der Waals surface area (Å²) in [7, 11) is -5.67. The lowest BCUT2D eigenvalue weighted by molar-refractivity contribution is -0.144. The van der Waals surface area contributed by atoms with E-state index in [4.69, 9.17) is 5.73 Å². The van der Waals surface area contributed by atoms with Crippen LogP contribution in [0, 0.1) is 11.8 Å². The zero-order chi connectivity index (χ0) is 87.6. The smallest absolute Gasteiger partial charge is 0.326 e. The molecular formula is C89H124N12O16SSi. The van der Waals surface area contributed by atoms with Crippen molar-refractivity contribution in [3.8, 4) is 0 Å². The highest BCUT2D eigenvalue weighted by molar-refractivity contribution is 7.89. The van der Waals surface area contributed by atoms with Crippen molar-refractivity contribution in [2.45, 2.75) is 242 Å². The van der Waals surface area contributed by atoms with Crippen LogP contribution in [0.15, 0.2) is 182 Å². The Morgan fingerprint density at radius 1 is 0.395 bits per heavy atom. The van der Waals surface area contributed by atoms with Crippen LogP contribution in [-0.2, 0) is 73.8 Å². The van der Waals surface area contributed by atoms with Gasteiger partial charge in [-0.15, -0.1) is 0 Å². The molecule has 0 spiro atoms. The molecular weight excluding hydrogens is 1550 g/mol. The summed E-state index contributed by atoms with van der Waals surface area (Å²) < 4.78 is 29.1. The molecule has 0 heterocycles. The van der Waals surface area contributed by atoms with E-state index >= 15 is 9.59 Å². The molecule has 11 atom stereocenters. The Morgan fingerprint density at radius 2 is 0.723 bits per heavy atom. The number of aliphatic hydroxyl groups excluding tert-OH is 2. The van der Waals surface area contributed by atoms with Crippen LogP contribution >= 0.6 is 0 Å². The van der Waals surface area contributed by atoms with E-state index in [0.717, 1.165) is 32.6 Å². The van der Waals surface area contributed by atoms with Crippen LogP contribution in [0.25, 0.3) is 0 Å². The quantitative estimate of drug-likeness (QED) is 0.0104. The third-order valence-electron chi connectivity index (χ3n) is 20.4. The van der Waals surface area contributed by atoms with Gasteiger partial charge in [-0.25, -0.2) is 17.9 Å². The number of amides is 10. The summed E-state index contributed by atoms with van der Waals surface area (Å²) in [4.78, 5) is 160. The normalized spacial score (nSPS) is 14.6. The molecule has 6 rings (SSSR count). The van der Waals surface area contributed by atoms with Gasteiger partial charge in [0.15, 0.2) is 0 Å². The Morgan fingerprint density at radius 3 is 1.11 bits per heavy atom. The summed E-state index contributed by atoms with van der Waals surface area (Å²) in [6.45, 7) is 18.8. The van der Waals surface area contributed by atoms with E-state index in [9.17, 15) is 66.9 Å². The van der Waals surface area contributed by atoms with E-state index in [2.05, 4.69) is 64.8 Å². The highest BCUT2D eigenvalue weighted by Crippen LogP contribution is 2.39. The first-order chi connectivity index (χ1) is 56.4. The number of hydrogen-bond donors (Lipinski definition) is 15. The maximum atomic E-state index is 15.3. The van der Waals surface area contributed by atoms with E-state index in [1.807, 2.05) is 33.5 Å². The monoisotopic (exact) mass is 1680 g/mol. The van der Waals surface area contributed by atoms with E-state index in [0.29, 0.717) is 52.3 Å². The van der Waals surface area contributed by atoms with Crippen molar-refractivity contribution in [1.82, 2.24) is 57.9 Å². The first kappa shape index (κ1) is 97.3. The van der Waals surface area contributed by atoms with Gasteiger partial charge in [0.1, 0.15) is 59.4 Å². The number of rotatable bonds is 50. The molecule has 0 aliphatic carbocycles. The molecule has 28 nitrogen and oxygen atoms in total. The number of carboxylic acids is 1. The molecule has 0 saturated carbocycles. The van der Waals surface area contributed by atoms with Gasteiger partial charge < -0.3 is 74.2 Å². The van der Waals surface area contributed by atoms with Crippen molar-refractivity contribution in [1.29, 1.82) is 0 Å². The number of aliphatic hydroxyl groups is 2. The average Bonchev–Trinajstić information content (AvgIpc) is 0.758. The second kappa shape index (κ2) is 47.3. The third-order valence-corrected chi connectivity index (χ3v) is 23.9. The van der Waals surface area contributed by atoms with Crippen LogP contribution in [0.3, 0.4) is 0 Å². The molecule has 0 radical (unpaired) electrons. The Hall–Kier alpha value is -10.5. The molecule has 646 valence electrons. The standard InChI is InChI=1S/C89H124N12O16SSi/c1-12-13-14-15-16-35-49-70(94-83(110)72(55-59(4)5)96-86(113)78(62(8)103)98-80(107)69(90)54-58(2)3)81(108)93-71(50-36-51-91-118(116,117)52-53-119(9,10)11)82(109)99-77(61(7)102)85(112)92-60(6)79(106)95-73(56-75(104)100-88(63-37-23-17-24-38-63,64-39-25-18-26-40-64)65-41-27-19-28-42-65)84(111)97-74(87(114)115)57-76(105)101-89(66-43-29-20-30-44-66,67-45-31-21-32-46-67)68-47-33-22-34-48-68/h17-34,37-48,58-62,69-74,77-78,91,102-103H,12-16,35-36,49-57,90H2,1-11H3,(H,92,112)(H,93,108)(H,94,110)(H,95,106)(H,96,113)(H,97,111)(H,98,107)(H,99,109)(H,100,104)(H,101,105)(H,114,115)/t60-,61+,62+,69+,70+,71-,72+,73-,74+,77-,78-/m0/s1. The second-order valence-electron chi connectivity index (χ2n) is 32.6. The van der Waals surface area contributed by atoms with Crippen LogP contribution in [0.2, 0.25) is 25.7 Å². The molecule has 6 aromatic rings. The third kappa shape index (κ3) is 30.4. The van der Waals surface area contributed by atoms with Gasteiger partial charge in [-0.3, -0.25) is 47.9 Å². The molecule has 0 fully saturated rings. The fourth-order valence-electron chi connectivity index (χ4n) is 14.0. The topological polar surface area (TPSA) is 441 Å². The Balaban J connectivity index is 1.33. The van der Waals surface area contributed by atoms with Crippen molar-refractivity contribution >= 4 is 83.1 Å². The van der Waals surface area contributed by atoms with Gasteiger partial charge in [-0.1, -0.05) is 275 Å². The van der Waals surface area contributed by atoms with Crippen LogP contribution in [0.1, 0.15) is 172 Å². The molecule has 0 aliphatic heterocycles. The van der Waals surface area contributed by atoms with Gasteiger partial charge in [0.05, 0.1) is 36.8 Å². The van der Waals surface area contributed by atoms with Gasteiger partial charge in [0.2, 0.25) is 69.1 Å². The molecule has 30 heteroatoms. The Kier molecular flexibility index (Phi) is 38.7. The average molecular weight is 1680 g/mol. The molecule has 16 N–H and O–H groups in total. The SMILES string of the molecule is CCCCCCCC[C@@H](NC(=O)[C@@H](CC(C)C)NC(=O)[C@@H](NC(=O)[C@H](N)CC(C)C)[C@@H](C)O)C(=O)N[C@@H](CCCNS(=O)(=O)CC[Si](C)(C)C)C(=O)N[C@H](C(=O)N[C@@H](C)C(=O)N[C@@H](CC(=O)NC(c1ccccc1)(c1ccccc1)c1ccccc1)C(=O)N[C@H](CC(=O)NC(c1ccccc1)(c1ccccc1)c1ccccc1)C(=O)O)[C@@H](C)O. The number of carbonyl (C=O) groups is 11. The number of nitrogens with two attached hydrogens (primary N) is 1. The highest BCUT2D eigenvalue weighted by atomic mass is 32.2. The summed E-state index contributed by atoms with van der Waals surface area (Å²) in [5.41, 5.74) is 6.78. The van der Waals surface area contributed by atoms with Gasteiger partial charge in [-0.2, -0.15) is 0 Å². The van der Waals surface area contributed by atoms with Crippen molar-refractivity contribution < 1.29 is 76.5 Å². The van der Waals surface area contributed by atoms with Gasteiger partial charge in [-0.05, 0) is 104 Å². The minimum absolute atomic E-state index is 0.0104. The fraction of sp³-hybridized carbons (Fsp3) is 0.472. The van der Waals surface area contributed by atoms with Gasteiger partial charge in [0.25, 0.3) is 0 Å². The Bertz CT molecular complexity index is 4190. The largest absolute Gasteiger partial charge is 0.480 e. The van der Waals surface area contributed by atoms with E-state index in [-0.39, 0.29) is 56.2 Å². The van der Waals surface area contributed by atoms with Crippen LogP contribution in [0.4, 0.5) is 0 Å². The van der Waals surface area contributed by atoms with Crippen molar-refractivity contribution in [2.24, 2.45) is 17.6 Å². The number of hydrogen-bond acceptors (Lipinski definition) is 16. The minimum Gasteiger partial charge on any atom is -0.480 e. The number of carbonyl (C=O) groups excluding carboxylic acids is 10. The molecule has 119 heavy (non-hydrogen) atoms. The number of carboxylic acid groups (broad SMARTS) is 1. The molecule has 0 saturated heterocycles. The Labute approximate surface area is 701 Å². The number of nitrogens with one attached hydrogen (secondary N) is 11. The summed E-state index contributed by atoms with van der Waals surface area (Å²) in [5, 5.41) is 59.8. The number of aliphatic carboxylic acids is 1. The second-order valence-corrected chi connectivity index (χ2v) is 40.2. The highest BCUT2D eigenvalue weighted by Gasteiger charge is 2.43. The number of unbranched alkanes of at least 4 members (excludes halogenated alkanes) is 5. The zero-order valence-corrected chi connectivity index (χ0v) is 72.1. The van der Waals surface area contributed by atoms with Crippen molar-refractivity contribution in [3.05, 3.63) is 215 Å². The van der Waals surface area contributed by atoms with E-state index in [1.165, 1.54) is 13.8 Å². The molecule has 0 unspecified atom stereocenters. The number of sulfonamides is 1. The van der Waals surface area contributed by atoms with Gasteiger partial charge in [0, 0.05) is 14.6 Å². The van der Waals surface area contributed by atoms with Gasteiger partial charge >= 0.3 is 5.97 Å². The summed E-state index contributed by atoms with van der Waals surface area (Å²) >= 11 is 0. The lowest BCUT2D eigenvalue weighted by atomic mass is 9.77. The van der Waals surface area contributed by atoms with Crippen LogP contribution in [0.5, 0.6) is 0 Å². The summed E-state index contributed by atoms with van der Waals surface area (Å²) in [6, 6.07) is 39.6. The minimum atomic E-state index is -3.83.